The first-order chi connectivity index (χ1) is 6.30. The molecule has 0 aliphatic carbocycles. The molecule has 0 saturated heterocycles. The Bertz CT molecular complexity index is 331. The molecular weight excluding hydrogens is 325 g/mol. The van der Waals surface area contributed by atoms with Crippen molar-refractivity contribution in [1.29, 1.82) is 0 Å². The monoisotopic (exact) mass is 330 g/mol. The van der Waals surface area contributed by atoms with Gasteiger partial charge in [0.15, 0.2) is 0 Å². The molecule has 1 aromatic carbocycles. The van der Waals surface area contributed by atoms with Crippen molar-refractivity contribution in [2.75, 3.05) is 0 Å². The van der Waals surface area contributed by atoms with E-state index >= 15 is 0 Å². The van der Waals surface area contributed by atoms with Gasteiger partial charge in [-0.25, -0.2) is 0 Å². The van der Waals surface area contributed by atoms with Gasteiger partial charge in [0.25, 0.3) is 0 Å². The van der Waals surface area contributed by atoms with Crippen molar-refractivity contribution in [3.63, 3.8) is 0 Å². The van der Waals surface area contributed by atoms with Crippen LogP contribution in [0.4, 0.5) is 13.2 Å². The Balaban J connectivity index is 3.21. The maximum Gasteiger partial charge on any atom is 0.416 e. The lowest BCUT2D eigenvalue weighted by atomic mass is 10.1. The van der Waals surface area contributed by atoms with E-state index in [2.05, 4.69) is 31.9 Å². The lowest BCUT2D eigenvalue weighted by Crippen LogP contribution is -2.05. The van der Waals surface area contributed by atoms with Crippen molar-refractivity contribution in [1.82, 2.24) is 0 Å². The van der Waals surface area contributed by atoms with E-state index in [-0.39, 0.29) is 4.83 Å². The zero-order valence-electron chi connectivity index (χ0n) is 7.20. The maximum absolute atomic E-state index is 12.4. The van der Waals surface area contributed by atoms with Crippen LogP contribution in [0.3, 0.4) is 0 Å². The average Bonchev–Trinajstić information content (AvgIpc) is 2.01. The Kier molecular flexibility index (Phi) is 3.63. The molecule has 0 spiro atoms. The third kappa shape index (κ3) is 2.98. The van der Waals surface area contributed by atoms with Gasteiger partial charge in [0, 0.05) is 9.30 Å². The first kappa shape index (κ1) is 12.0. The molecule has 0 aromatic heterocycles. The zero-order valence-corrected chi connectivity index (χ0v) is 10.4. The highest BCUT2D eigenvalue weighted by Gasteiger charge is 2.31. The first-order valence-corrected chi connectivity index (χ1v) is 5.53. The van der Waals surface area contributed by atoms with Gasteiger partial charge in [-0.1, -0.05) is 31.9 Å². The van der Waals surface area contributed by atoms with E-state index in [9.17, 15) is 13.2 Å². The fraction of sp³-hybridized carbons (Fsp3) is 0.333. The van der Waals surface area contributed by atoms with Gasteiger partial charge in [-0.2, -0.15) is 13.2 Å². The fourth-order valence-corrected chi connectivity index (χ4v) is 1.78. The van der Waals surface area contributed by atoms with Crippen molar-refractivity contribution in [3.8, 4) is 0 Å². The van der Waals surface area contributed by atoms with Gasteiger partial charge in [-0.05, 0) is 30.7 Å². The summed E-state index contributed by atoms with van der Waals surface area (Å²) in [5.41, 5.74) is -0.0279. The standard InChI is InChI=1S/C9H7Br2F3/c1-5(10)6-2-7(9(12,13)14)4-8(11)3-6/h2-5H,1H3. The molecule has 1 rings (SSSR count). The van der Waals surface area contributed by atoms with Crippen LogP contribution >= 0.6 is 31.9 Å². The van der Waals surface area contributed by atoms with Crippen molar-refractivity contribution in [2.24, 2.45) is 0 Å². The molecule has 78 valence electrons. The summed E-state index contributed by atoms with van der Waals surface area (Å²) in [5, 5.41) is 0. The largest absolute Gasteiger partial charge is 0.416 e. The molecule has 1 unspecified atom stereocenters. The summed E-state index contributed by atoms with van der Waals surface area (Å²) in [7, 11) is 0. The van der Waals surface area contributed by atoms with Crippen LogP contribution in [-0.2, 0) is 6.18 Å². The molecule has 1 atom stereocenters. The molecule has 0 amide bonds. The lowest BCUT2D eigenvalue weighted by Gasteiger charge is -2.11. The Morgan fingerprint density at radius 3 is 2.21 bits per heavy atom. The van der Waals surface area contributed by atoms with Gasteiger partial charge in [-0.15, -0.1) is 0 Å². The van der Waals surface area contributed by atoms with Gasteiger partial charge in [0.2, 0.25) is 0 Å². The number of hydrogen-bond donors (Lipinski definition) is 0. The van der Waals surface area contributed by atoms with E-state index in [1.54, 1.807) is 13.0 Å². The summed E-state index contributed by atoms with van der Waals surface area (Å²) >= 11 is 6.28. The topological polar surface area (TPSA) is 0 Å². The minimum absolute atomic E-state index is 0.0962. The van der Waals surface area contributed by atoms with E-state index in [1.807, 2.05) is 0 Å². The molecule has 0 aliphatic heterocycles. The third-order valence-corrected chi connectivity index (χ3v) is 2.69. The summed E-state index contributed by atoms with van der Waals surface area (Å²) in [4.78, 5) is -0.0962. The van der Waals surface area contributed by atoms with E-state index in [4.69, 9.17) is 0 Å². The second-order valence-electron chi connectivity index (χ2n) is 2.89. The number of benzene rings is 1. The predicted octanol–water partition coefficient (Wildman–Crippen LogP) is 4.92. The molecule has 0 bridgehead atoms. The molecule has 0 saturated carbocycles. The van der Waals surface area contributed by atoms with Gasteiger partial charge in [0.05, 0.1) is 5.56 Å². The molecular formula is C9H7Br2F3. The zero-order chi connectivity index (χ0) is 10.9. The van der Waals surface area contributed by atoms with E-state index in [0.29, 0.717) is 10.0 Å². The molecule has 5 heteroatoms. The Morgan fingerprint density at radius 2 is 1.79 bits per heavy atom. The molecule has 0 N–H and O–H groups in total. The second kappa shape index (κ2) is 4.23. The number of halogens is 5. The lowest BCUT2D eigenvalue weighted by molar-refractivity contribution is -0.137. The molecule has 0 radical (unpaired) electrons. The molecule has 0 aliphatic rings. The predicted molar refractivity (Wildman–Crippen MR) is 56.5 cm³/mol. The summed E-state index contributed by atoms with van der Waals surface area (Å²) in [6.45, 7) is 1.78. The van der Waals surface area contributed by atoms with Crippen LogP contribution in [0.2, 0.25) is 0 Å². The van der Waals surface area contributed by atoms with Gasteiger partial charge < -0.3 is 0 Å². The van der Waals surface area contributed by atoms with Crippen LogP contribution in [0.15, 0.2) is 22.7 Å². The van der Waals surface area contributed by atoms with Crippen LogP contribution in [0.5, 0.6) is 0 Å². The van der Waals surface area contributed by atoms with E-state index < -0.39 is 11.7 Å². The summed E-state index contributed by atoms with van der Waals surface area (Å²) in [6, 6.07) is 3.87. The minimum atomic E-state index is -4.29. The second-order valence-corrected chi connectivity index (χ2v) is 5.18. The van der Waals surface area contributed by atoms with Crippen molar-refractivity contribution >= 4 is 31.9 Å². The van der Waals surface area contributed by atoms with Crippen LogP contribution in [-0.4, -0.2) is 0 Å². The normalized spacial score (nSPS) is 14.1. The Labute approximate surface area is 96.8 Å². The molecule has 1 aromatic rings. The van der Waals surface area contributed by atoms with Gasteiger partial charge in [0.1, 0.15) is 0 Å². The number of rotatable bonds is 1. The highest BCUT2D eigenvalue weighted by atomic mass is 79.9. The Morgan fingerprint density at radius 1 is 1.21 bits per heavy atom. The highest BCUT2D eigenvalue weighted by Crippen LogP contribution is 2.34. The van der Waals surface area contributed by atoms with Crippen molar-refractivity contribution < 1.29 is 13.2 Å². The fourth-order valence-electron chi connectivity index (χ4n) is 1.01. The van der Waals surface area contributed by atoms with Crippen LogP contribution < -0.4 is 0 Å². The van der Waals surface area contributed by atoms with Crippen LogP contribution in [0, 0.1) is 0 Å². The van der Waals surface area contributed by atoms with Crippen molar-refractivity contribution in [2.45, 2.75) is 17.9 Å². The molecule has 0 nitrogen and oxygen atoms in total. The Hall–Kier alpha value is -0.0300. The molecule has 14 heavy (non-hydrogen) atoms. The highest BCUT2D eigenvalue weighted by molar-refractivity contribution is 9.10. The van der Waals surface area contributed by atoms with Gasteiger partial charge in [-0.3, -0.25) is 0 Å². The van der Waals surface area contributed by atoms with Gasteiger partial charge >= 0.3 is 6.18 Å². The van der Waals surface area contributed by atoms with E-state index in [1.165, 1.54) is 0 Å². The number of alkyl halides is 4. The molecule has 0 fully saturated rings. The maximum atomic E-state index is 12.4. The van der Waals surface area contributed by atoms with Crippen LogP contribution in [0.1, 0.15) is 22.9 Å². The summed E-state index contributed by atoms with van der Waals surface area (Å²) in [5.74, 6) is 0. The third-order valence-electron chi connectivity index (χ3n) is 1.71. The summed E-state index contributed by atoms with van der Waals surface area (Å²) in [6.07, 6.45) is -4.29. The first-order valence-electron chi connectivity index (χ1n) is 3.82. The summed E-state index contributed by atoms with van der Waals surface area (Å²) < 4.78 is 37.6. The van der Waals surface area contributed by atoms with Crippen LogP contribution in [0.25, 0.3) is 0 Å². The van der Waals surface area contributed by atoms with E-state index in [0.717, 1.165) is 12.1 Å². The van der Waals surface area contributed by atoms with Crippen molar-refractivity contribution in [3.05, 3.63) is 33.8 Å². The smallest absolute Gasteiger partial charge is 0.166 e. The number of hydrogen-bond acceptors (Lipinski definition) is 0. The minimum Gasteiger partial charge on any atom is -0.166 e. The SMILES string of the molecule is CC(Br)c1cc(Br)cc(C(F)(F)F)c1. The quantitative estimate of drug-likeness (QED) is 0.640. The average molecular weight is 332 g/mol. The molecule has 0 heterocycles.